The van der Waals surface area contributed by atoms with Crippen molar-refractivity contribution < 1.29 is 123 Å². The Kier molecular flexibility index (Phi) is 21.5. The predicted octanol–water partition coefficient (Wildman–Crippen LogP) is -2.13. The monoisotopic (exact) mass is 1270 g/mol. The number of hydrogen-bond acceptors (Lipinski definition) is 25. The molecule has 7 unspecified atom stereocenters. The van der Waals surface area contributed by atoms with Gasteiger partial charge in [-0.25, -0.2) is 4.79 Å². The van der Waals surface area contributed by atoms with E-state index in [1.165, 1.54) is 12.5 Å². The van der Waals surface area contributed by atoms with Crippen molar-refractivity contribution >= 4 is 29.8 Å². The number of fused-ring (bicyclic) bond motifs is 7. The van der Waals surface area contributed by atoms with Gasteiger partial charge in [-0.3, -0.25) is 19.4 Å². The Balaban J connectivity index is 0.000000771. The number of esters is 2. The highest BCUT2D eigenvalue weighted by atomic mass is 16.8. The van der Waals surface area contributed by atoms with Crippen LogP contribution in [0.3, 0.4) is 0 Å². The third kappa shape index (κ3) is 12.7. The third-order valence-corrected chi connectivity index (χ3v) is 22.6. The van der Waals surface area contributed by atoms with E-state index in [0.29, 0.717) is 64.3 Å². The Hall–Kier alpha value is -3.83. The number of ether oxygens (including phenoxy) is 9. The lowest BCUT2D eigenvalue weighted by Crippen LogP contribution is -2.69. The molecule has 0 radical (unpaired) electrons. The summed E-state index contributed by atoms with van der Waals surface area (Å²) < 4.78 is 54.3. The van der Waals surface area contributed by atoms with Crippen molar-refractivity contribution in [1.82, 2.24) is 0 Å². The quantitative estimate of drug-likeness (QED) is 0.0164. The molecule has 9 rings (SSSR count). The van der Waals surface area contributed by atoms with Crippen LogP contribution >= 0.6 is 0 Å². The maximum Gasteiger partial charge on any atom is 0.335 e. The van der Waals surface area contributed by atoms with Crippen molar-refractivity contribution in [3.05, 3.63) is 11.6 Å². The van der Waals surface area contributed by atoms with Crippen molar-refractivity contribution in [3.8, 4) is 0 Å². The van der Waals surface area contributed by atoms with Crippen molar-refractivity contribution in [2.75, 3.05) is 33.0 Å². The van der Waals surface area contributed by atoms with Crippen LogP contribution in [0.15, 0.2) is 16.6 Å². The van der Waals surface area contributed by atoms with Crippen LogP contribution in [0.1, 0.15) is 120 Å². The standard InChI is InChI=1S/C54H84O23.C6H14N4O2/c1-22(23(2)71-24(3)57)45(68)70-21-54-26-16-49(4,5)43(42(54)65)73-32(54)17-53(9)25(26)10-11-30-50(6)14-13-31(51(7,20-56)29(50)12-15-52(30,53)8)74-48-40(76-46-36(62)33(59)27(58)19-69-46)38(64)39(41(77-48)44(66)67)75-47-37(63)35(61)34(60)28(18-55)72-47;7-4(5(11)12)2-1-3-10-6(8)9/h10,22-23,26-43,46-48,55-56,58-65H,11-21H2,1-9H3,(H,66,67);4H,1-3,7H2,(H,11,12)(H4,8,9,10)/t22?,23?,26?,27-,28+,29?,30?,31-,32-,33+,34+,35-,36-,37+,38-,39?,40+,41-,42+,43-,46+,47+,48+,50-,51+,52+,53+,54-;/m0./s1. The molecule has 89 heavy (non-hydrogen) atoms. The van der Waals surface area contributed by atoms with Gasteiger partial charge in [0, 0.05) is 18.9 Å². The predicted molar refractivity (Wildman–Crippen MR) is 307 cm³/mol. The highest BCUT2D eigenvalue weighted by Crippen LogP contribution is 2.77. The largest absolute Gasteiger partial charge is 0.480 e. The van der Waals surface area contributed by atoms with Crippen molar-refractivity contribution in [2.45, 2.75) is 243 Å². The average molecular weight is 1280 g/mol. The summed E-state index contributed by atoms with van der Waals surface area (Å²) in [5.74, 6) is -4.81. The molecule has 4 saturated heterocycles. The third-order valence-electron chi connectivity index (χ3n) is 22.6. The fraction of sp³-hybridized carbons (Fsp3) is 0.883. The second-order valence-corrected chi connectivity index (χ2v) is 28.2. The molecule has 29 atom stereocenters. The van der Waals surface area contributed by atoms with Crippen LogP contribution in [0.25, 0.3) is 0 Å². The molecule has 29 nitrogen and oxygen atoms in total. The molecule has 4 aliphatic heterocycles. The highest BCUT2D eigenvalue weighted by molar-refractivity contribution is 5.76. The van der Waals surface area contributed by atoms with Crippen LogP contribution in [0.2, 0.25) is 0 Å². The van der Waals surface area contributed by atoms with E-state index in [1.54, 1.807) is 13.8 Å². The summed E-state index contributed by atoms with van der Waals surface area (Å²) in [6.45, 7) is 16.3. The summed E-state index contributed by atoms with van der Waals surface area (Å²) in [5, 5.41) is 129. The van der Waals surface area contributed by atoms with Crippen LogP contribution in [0.4, 0.5) is 0 Å². The molecule has 508 valence electrons. The molecule has 29 heteroatoms. The molecule has 0 aromatic carbocycles. The second-order valence-electron chi connectivity index (χ2n) is 28.2. The Labute approximate surface area is 517 Å². The number of hydrogen-bond donors (Lipinski definition) is 15. The summed E-state index contributed by atoms with van der Waals surface area (Å²) in [6, 6.07) is -0.820. The topological polar surface area (TPSA) is 485 Å². The van der Waals surface area contributed by atoms with E-state index in [0.717, 1.165) is 0 Å². The highest BCUT2D eigenvalue weighted by Gasteiger charge is 2.76. The number of nitrogens with zero attached hydrogens (tertiary/aromatic N) is 1. The van der Waals surface area contributed by atoms with Gasteiger partial charge < -0.3 is 121 Å². The van der Waals surface area contributed by atoms with E-state index in [4.69, 9.17) is 64.9 Å². The number of aliphatic hydroxyl groups excluding tert-OH is 10. The lowest BCUT2D eigenvalue weighted by atomic mass is 9.33. The number of carboxylic acids is 2. The molecule has 0 aromatic rings. The minimum atomic E-state index is -2.09. The number of aliphatic carboxylic acids is 2. The van der Waals surface area contributed by atoms with E-state index in [1.807, 2.05) is 6.92 Å². The second kappa shape index (κ2) is 26.9. The van der Waals surface area contributed by atoms with E-state index >= 15 is 0 Å². The first-order chi connectivity index (χ1) is 41.5. The minimum Gasteiger partial charge on any atom is -0.480 e. The number of aliphatic imine (C=N–C) groups is 1. The normalized spacial score (nSPS) is 46.3. The number of nitrogens with two attached hydrogens (primary N) is 3. The number of carbonyl (C=O) groups excluding carboxylic acids is 2. The van der Waals surface area contributed by atoms with E-state index in [-0.39, 0.29) is 42.3 Å². The van der Waals surface area contributed by atoms with Gasteiger partial charge in [-0.1, -0.05) is 53.2 Å². The van der Waals surface area contributed by atoms with Gasteiger partial charge in [0.25, 0.3) is 0 Å². The number of guanidine groups is 1. The molecule has 4 heterocycles. The molecular formula is C60H98N4O25. The summed E-state index contributed by atoms with van der Waals surface area (Å²) >= 11 is 0. The first-order valence-corrected chi connectivity index (χ1v) is 31.0. The Morgan fingerprint density at radius 2 is 1.44 bits per heavy atom. The van der Waals surface area contributed by atoms with Gasteiger partial charge in [-0.05, 0) is 111 Å². The van der Waals surface area contributed by atoms with Gasteiger partial charge in [0.2, 0.25) is 0 Å². The summed E-state index contributed by atoms with van der Waals surface area (Å²) in [5.41, 5.74) is 12.9. The van der Waals surface area contributed by atoms with Gasteiger partial charge in [-0.2, -0.15) is 0 Å². The van der Waals surface area contributed by atoms with Crippen molar-refractivity contribution in [2.24, 2.45) is 78.4 Å². The molecule has 4 saturated carbocycles. The van der Waals surface area contributed by atoms with Crippen molar-refractivity contribution in [3.63, 3.8) is 0 Å². The molecule has 8 fully saturated rings. The summed E-state index contributed by atoms with van der Waals surface area (Å²) in [6.07, 6.45) is -21.9. The van der Waals surface area contributed by atoms with Crippen LogP contribution in [-0.2, 0) is 61.8 Å². The Bertz CT molecular complexity index is 2600. The molecule has 9 aliphatic rings. The SMILES string of the molecule is CC(=O)OC(C)C(C)C(=O)OC[C@]12C3CC(C)(C)[C@@H](O[C@H]1C[C@]1(C)C3=CCC3[C@@]4(C)CC[C@H](O[C@@H]5O[C@H](C(=O)O)C(O[C@H]6O[C@H](CO)[C@@H](O)[C@H](O)[C@H]6O)[C@H](O)[C@H]5O[C@H]5OC[C@H](O)[C@@H](O)[C@@H]5O)[C@](C)(CO)C4CC[C@]31C)[C@H]2O.NC(N)=NCCCC(N)C(=O)O. The van der Waals surface area contributed by atoms with Gasteiger partial charge in [-0.15, -0.1) is 0 Å². The zero-order valence-corrected chi connectivity index (χ0v) is 52.2. The minimum absolute atomic E-state index is 0.0129. The lowest BCUT2D eigenvalue weighted by molar-refractivity contribution is -0.387. The van der Waals surface area contributed by atoms with E-state index < -0.39 is 193 Å². The first-order valence-electron chi connectivity index (χ1n) is 31.0. The van der Waals surface area contributed by atoms with E-state index in [9.17, 15) is 75.3 Å². The molecule has 5 aliphatic carbocycles. The smallest absolute Gasteiger partial charge is 0.335 e. The van der Waals surface area contributed by atoms with Crippen LogP contribution in [0, 0.1) is 56.2 Å². The average Bonchev–Trinajstić information content (AvgIpc) is 1.65. The first kappa shape index (κ1) is 71.0. The Morgan fingerprint density at radius 3 is 2.06 bits per heavy atom. The number of rotatable bonds is 19. The van der Waals surface area contributed by atoms with Gasteiger partial charge in [0.15, 0.2) is 30.9 Å². The van der Waals surface area contributed by atoms with Gasteiger partial charge >= 0.3 is 23.9 Å². The molecule has 18 N–H and O–H groups in total. The fourth-order valence-electron chi connectivity index (χ4n) is 17.2. The number of allylic oxidation sites excluding steroid dienone is 2. The zero-order valence-electron chi connectivity index (χ0n) is 52.2. The van der Waals surface area contributed by atoms with Crippen LogP contribution in [0.5, 0.6) is 0 Å². The Morgan fingerprint density at radius 1 is 0.775 bits per heavy atom. The molecule has 0 aromatic heterocycles. The number of aliphatic hydroxyl groups is 10. The number of carboxylic acid groups (broad SMARTS) is 2. The van der Waals surface area contributed by atoms with Crippen LogP contribution < -0.4 is 17.2 Å². The maximum absolute atomic E-state index is 13.6. The molecule has 2 bridgehead atoms. The molecule has 0 amide bonds. The van der Waals surface area contributed by atoms with E-state index in [2.05, 4.69) is 45.7 Å². The maximum atomic E-state index is 13.6. The summed E-state index contributed by atoms with van der Waals surface area (Å²) in [7, 11) is 0. The zero-order chi connectivity index (χ0) is 66.0. The van der Waals surface area contributed by atoms with Gasteiger partial charge in [0.1, 0.15) is 79.8 Å². The molecule has 0 spiro atoms. The van der Waals surface area contributed by atoms with Crippen molar-refractivity contribution in [1.29, 1.82) is 0 Å². The summed E-state index contributed by atoms with van der Waals surface area (Å²) in [4.78, 5) is 52.3. The van der Waals surface area contributed by atoms with Crippen LogP contribution in [-0.4, -0.2) is 247 Å². The number of carbonyl (C=O) groups is 4. The molecular weight excluding hydrogens is 1180 g/mol. The fourth-order valence-corrected chi connectivity index (χ4v) is 17.2. The lowest BCUT2D eigenvalue weighted by Gasteiger charge is -2.71. The van der Waals surface area contributed by atoms with Gasteiger partial charge in [0.05, 0.1) is 55.6 Å².